The zero-order valence-electron chi connectivity index (χ0n) is 21.5. The number of benzene rings is 1. The molecule has 0 aliphatic heterocycles. The van der Waals surface area contributed by atoms with Gasteiger partial charge in [0.25, 0.3) is 0 Å². The normalized spacial score (nSPS) is 19.9. The molecule has 0 spiro atoms. The number of hydrogen-bond donors (Lipinski definition) is 2. The van der Waals surface area contributed by atoms with Crippen molar-refractivity contribution in [2.24, 2.45) is 0 Å². The van der Waals surface area contributed by atoms with Gasteiger partial charge >= 0.3 is 0 Å². The molecule has 2 N–H and O–H groups in total. The van der Waals surface area contributed by atoms with E-state index < -0.39 is 12.2 Å². The molecule has 6 nitrogen and oxygen atoms in total. The number of rotatable bonds is 14. The quantitative estimate of drug-likeness (QED) is 0.413. The molecule has 34 heavy (non-hydrogen) atoms. The summed E-state index contributed by atoms with van der Waals surface area (Å²) in [5, 5.41) is 21.0. The fourth-order valence-electron chi connectivity index (χ4n) is 5.63. The molecule has 2 aliphatic carbocycles. The van der Waals surface area contributed by atoms with Gasteiger partial charge in [0.2, 0.25) is 0 Å². The van der Waals surface area contributed by atoms with Gasteiger partial charge in [-0.15, -0.1) is 0 Å². The number of ether oxygens (including phenoxy) is 2. The average molecular weight is 477 g/mol. The second-order valence-corrected chi connectivity index (χ2v) is 10.2. The summed E-state index contributed by atoms with van der Waals surface area (Å²) in [6.45, 7) is 8.19. The van der Waals surface area contributed by atoms with Crippen LogP contribution in [0.4, 0.5) is 0 Å². The maximum atomic E-state index is 10.5. The lowest BCUT2D eigenvalue weighted by Gasteiger charge is -2.34. The highest BCUT2D eigenvalue weighted by Crippen LogP contribution is 2.24. The van der Waals surface area contributed by atoms with Crippen molar-refractivity contribution in [3.8, 4) is 11.5 Å². The predicted octanol–water partition coefficient (Wildman–Crippen LogP) is 4.48. The number of aliphatic hydroxyl groups is 2. The van der Waals surface area contributed by atoms with E-state index in [9.17, 15) is 10.2 Å². The lowest BCUT2D eigenvalue weighted by Crippen LogP contribution is -2.43. The summed E-state index contributed by atoms with van der Waals surface area (Å²) in [5.41, 5.74) is 0. The van der Waals surface area contributed by atoms with Crippen LogP contribution in [0.5, 0.6) is 11.5 Å². The second kappa shape index (κ2) is 14.9. The SMILES string of the molecule is CCN(C[C@@H](O)COc1ccc(OC[C@H](O)CN(CC)C2CCCCC2)cc1)C1CCCCC1. The van der Waals surface area contributed by atoms with Gasteiger partial charge in [0, 0.05) is 25.2 Å². The standard InChI is InChI=1S/C28H48N2O4/c1-3-29(23-11-7-5-8-12-23)19-25(31)21-33-27-15-17-28(18-16-27)34-22-26(32)20-30(4-2)24-13-9-6-10-14-24/h15-18,23-26,31-32H,3-14,19-22H2,1-2H3/t25-,26-/m1/s1. The fraction of sp³-hybridized carbons (Fsp3) is 0.786. The second-order valence-electron chi connectivity index (χ2n) is 10.2. The molecular weight excluding hydrogens is 428 g/mol. The summed E-state index contributed by atoms with van der Waals surface area (Å²) in [6.07, 6.45) is 11.9. The summed E-state index contributed by atoms with van der Waals surface area (Å²) in [4.78, 5) is 4.81. The molecule has 0 aromatic heterocycles. The molecule has 0 unspecified atom stereocenters. The van der Waals surface area contributed by atoms with Gasteiger partial charge in [-0.1, -0.05) is 52.4 Å². The van der Waals surface area contributed by atoms with Crippen LogP contribution in [0.25, 0.3) is 0 Å². The summed E-state index contributed by atoms with van der Waals surface area (Å²) >= 11 is 0. The van der Waals surface area contributed by atoms with E-state index in [2.05, 4.69) is 23.6 Å². The summed E-state index contributed by atoms with van der Waals surface area (Å²) in [5.74, 6) is 1.45. The molecular formula is C28H48N2O4. The largest absolute Gasteiger partial charge is 0.491 e. The van der Waals surface area contributed by atoms with Crippen molar-refractivity contribution in [2.75, 3.05) is 39.4 Å². The topological polar surface area (TPSA) is 65.4 Å². The van der Waals surface area contributed by atoms with E-state index in [-0.39, 0.29) is 13.2 Å². The van der Waals surface area contributed by atoms with Gasteiger partial charge in [-0.05, 0) is 63.0 Å². The van der Waals surface area contributed by atoms with Crippen LogP contribution in [0.3, 0.4) is 0 Å². The van der Waals surface area contributed by atoms with Crippen LogP contribution < -0.4 is 9.47 Å². The Balaban J connectivity index is 1.36. The minimum Gasteiger partial charge on any atom is -0.491 e. The first-order valence-corrected chi connectivity index (χ1v) is 13.8. The van der Waals surface area contributed by atoms with Crippen LogP contribution >= 0.6 is 0 Å². The fourth-order valence-corrected chi connectivity index (χ4v) is 5.63. The van der Waals surface area contributed by atoms with Crippen molar-refractivity contribution in [3.05, 3.63) is 24.3 Å². The number of likely N-dealkylation sites (N-methyl/N-ethyl adjacent to an activating group) is 2. The molecule has 2 atom stereocenters. The average Bonchev–Trinajstić information content (AvgIpc) is 2.89. The lowest BCUT2D eigenvalue weighted by atomic mass is 9.94. The Morgan fingerprint density at radius 1 is 0.676 bits per heavy atom. The smallest absolute Gasteiger partial charge is 0.119 e. The Bertz CT molecular complexity index is 602. The van der Waals surface area contributed by atoms with E-state index in [4.69, 9.17) is 9.47 Å². The van der Waals surface area contributed by atoms with Gasteiger partial charge in [0.05, 0.1) is 0 Å². The first-order chi connectivity index (χ1) is 16.6. The summed E-state index contributed by atoms with van der Waals surface area (Å²) < 4.78 is 11.7. The van der Waals surface area contributed by atoms with Crippen LogP contribution in [0, 0.1) is 0 Å². The van der Waals surface area contributed by atoms with Crippen molar-refractivity contribution in [1.82, 2.24) is 9.80 Å². The lowest BCUT2D eigenvalue weighted by molar-refractivity contribution is 0.0454. The Kier molecular flexibility index (Phi) is 12.0. The third kappa shape index (κ3) is 9.03. The Hall–Kier alpha value is -1.34. The van der Waals surface area contributed by atoms with Crippen molar-refractivity contribution in [1.29, 1.82) is 0 Å². The predicted molar refractivity (Wildman–Crippen MR) is 138 cm³/mol. The third-order valence-electron chi connectivity index (χ3n) is 7.59. The van der Waals surface area contributed by atoms with Gasteiger partial charge in [-0.25, -0.2) is 0 Å². The van der Waals surface area contributed by atoms with Crippen LogP contribution in [0.1, 0.15) is 78.1 Å². The van der Waals surface area contributed by atoms with Crippen LogP contribution in [0.15, 0.2) is 24.3 Å². The molecule has 0 amide bonds. The van der Waals surface area contributed by atoms with E-state index in [1.54, 1.807) is 0 Å². The molecule has 3 rings (SSSR count). The Morgan fingerprint density at radius 2 is 1.03 bits per heavy atom. The Morgan fingerprint density at radius 3 is 1.35 bits per heavy atom. The zero-order chi connectivity index (χ0) is 24.2. The van der Waals surface area contributed by atoms with Crippen LogP contribution in [-0.4, -0.2) is 83.7 Å². The zero-order valence-corrected chi connectivity index (χ0v) is 21.5. The molecule has 194 valence electrons. The summed E-state index contributed by atoms with van der Waals surface area (Å²) in [6, 6.07) is 8.68. The van der Waals surface area contributed by atoms with Gasteiger partial charge in [0.1, 0.15) is 36.9 Å². The summed E-state index contributed by atoms with van der Waals surface area (Å²) in [7, 11) is 0. The molecule has 2 saturated carbocycles. The molecule has 1 aromatic carbocycles. The third-order valence-corrected chi connectivity index (χ3v) is 7.59. The van der Waals surface area contributed by atoms with Gasteiger partial charge < -0.3 is 19.7 Å². The highest BCUT2D eigenvalue weighted by atomic mass is 16.5. The highest BCUT2D eigenvalue weighted by molar-refractivity contribution is 5.31. The maximum absolute atomic E-state index is 10.5. The van der Waals surface area contributed by atoms with Gasteiger partial charge in [-0.3, -0.25) is 9.80 Å². The molecule has 0 heterocycles. The monoisotopic (exact) mass is 476 g/mol. The van der Waals surface area contributed by atoms with E-state index >= 15 is 0 Å². The number of hydrogen-bond acceptors (Lipinski definition) is 6. The molecule has 2 aliphatic rings. The molecule has 0 saturated heterocycles. The maximum Gasteiger partial charge on any atom is 0.119 e. The van der Waals surface area contributed by atoms with E-state index in [1.807, 2.05) is 24.3 Å². The molecule has 1 aromatic rings. The number of nitrogens with zero attached hydrogens (tertiary/aromatic N) is 2. The van der Waals surface area contributed by atoms with Gasteiger partial charge in [-0.2, -0.15) is 0 Å². The molecule has 0 bridgehead atoms. The van der Waals surface area contributed by atoms with Crippen molar-refractivity contribution in [3.63, 3.8) is 0 Å². The van der Waals surface area contributed by atoms with E-state index in [0.717, 1.165) is 24.6 Å². The van der Waals surface area contributed by atoms with Crippen LogP contribution in [-0.2, 0) is 0 Å². The van der Waals surface area contributed by atoms with Crippen molar-refractivity contribution >= 4 is 0 Å². The first kappa shape index (κ1) is 27.3. The van der Waals surface area contributed by atoms with Crippen molar-refractivity contribution in [2.45, 2.75) is 102 Å². The van der Waals surface area contributed by atoms with E-state index in [0.29, 0.717) is 25.2 Å². The van der Waals surface area contributed by atoms with E-state index in [1.165, 1.54) is 64.2 Å². The van der Waals surface area contributed by atoms with Crippen molar-refractivity contribution < 1.29 is 19.7 Å². The Labute approximate surface area is 207 Å². The van der Waals surface area contributed by atoms with Gasteiger partial charge in [0.15, 0.2) is 0 Å². The minimum absolute atomic E-state index is 0.288. The minimum atomic E-state index is -0.501. The number of aliphatic hydroxyl groups excluding tert-OH is 2. The first-order valence-electron chi connectivity index (χ1n) is 13.8. The molecule has 2 fully saturated rings. The van der Waals surface area contributed by atoms with Crippen LogP contribution in [0.2, 0.25) is 0 Å². The molecule has 0 radical (unpaired) electrons. The molecule has 6 heteroatoms. The highest BCUT2D eigenvalue weighted by Gasteiger charge is 2.23.